The third-order valence-corrected chi connectivity index (χ3v) is 6.36. The van der Waals surface area contributed by atoms with E-state index in [1.165, 1.54) is 49.5 Å². The first-order chi connectivity index (χ1) is 10.2. The van der Waals surface area contributed by atoms with Crippen LogP contribution in [-0.4, -0.2) is 4.98 Å². The van der Waals surface area contributed by atoms with Gasteiger partial charge in [-0.1, -0.05) is 18.2 Å². The first kappa shape index (κ1) is 12.0. The van der Waals surface area contributed by atoms with E-state index < -0.39 is 0 Å². The fraction of sp³-hybridized carbons (Fsp3) is 0.526. The van der Waals surface area contributed by atoms with E-state index in [0.29, 0.717) is 5.41 Å². The lowest BCUT2D eigenvalue weighted by Gasteiger charge is -2.57. The molecule has 1 aromatic heterocycles. The number of para-hydroxylation sites is 1. The average Bonchev–Trinajstić information content (AvgIpc) is 2.45. The van der Waals surface area contributed by atoms with Crippen LogP contribution in [0, 0.1) is 17.8 Å². The van der Waals surface area contributed by atoms with Gasteiger partial charge in [-0.2, -0.15) is 0 Å². The molecular weight excluding hydrogens is 258 g/mol. The largest absolute Gasteiger partial charge is 0.322 e. The molecule has 108 valence electrons. The SMILES string of the molecule is O=c1cc(C23CC4CC(CC(C4)C2)C3)c2ccccc2[nH]1. The predicted molar refractivity (Wildman–Crippen MR) is 84.4 cm³/mol. The Balaban J connectivity index is 1.75. The minimum Gasteiger partial charge on any atom is -0.322 e. The van der Waals surface area contributed by atoms with Gasteiger partial charge in [-0.25, -0.2) is 0 Å². The van der Waals surface area contributed by atoms with Gasteiger partial charge < -0.3 is 4.98 Å². The molecule has 4 bridgehead atoms. The van der Waals surface area contributed by atoms with Crippen LogP contribution in [0.1, 0.15) is 44.1 Å². The second-order valence-electron chi connectivity index (χ2n) is 7.79. The number of aromatic amines is 1. The Morgan fingerprint density at radius 3 is 2.24 bits per heavy atom. The van der Waals surface area contributed by atoms with Crippen LogP contribution < -0.4 is 5.56 Å². The van der Waals surface area contributed by atoms with Gasteiger partial charge in [0.1, 0.15) is 0 Å². The number of aromatic nitrogens is 1. The van der Waals surface area contributed by atoms with Crippen LogP contribution in [0.5, 0.6) is 0 Å². The normalized spacial score (nSPS) is 37.2. The van der Waals surface area contributed by atoms with Crippen molar-refractivity contribution in [2.24, 2.45) is 17.8 Å². The highest BCUT2D eigenvalue weighted by Crippen LogP contribution is 2.61. The van der Waals surface area contributed by atoms with Gasteiger partial charge in [0.05, 0.1) is 0 Å². The van der Waals surface area contributed by atoms with Crippen LogP contribution in [0.2, 0.25) is 0 Å². The number of fused-ring (bicyclic) bond motifs is 1. The molecule has 2 aromatic rings. The van der Waals surface area contributed by atoms with Crippen molar-refractivity contribution in [3.8, 4) is 0 Å². The van der Waals surface area contributed by atoms with E-state index >= 15 is 0 Å². The zero-order chi connectivity index (χ0) is 14.0. The zero-order valence-corrected chi connectivity index (χ0v) is 12.3. The van der Waals surface area contributed by atoms with E-state index in [4.69, 9.17) is 0 Å². The molecule has 4 aliphatic rings. The van der Waals surface area contributed by atoms with Crippen molar-refractivity contribution in [2.75, 3.05) is 0 Å². The Labute approximate surface area is 124 Å². The summed E-state index contributed by atoms with van der Waals surface area (Å²) < 4.78 is 0. The third kappa shape index (κ3) is 1.68. The summed E-state index contributed by atoms with van der Waals surface area (Å²) in [6, 6.07) is 10.3. The molecule has 2 nitrogen and oxygen atoms in total. The summed E-state index contributed by atoms with van der Waals surface area (Å²) in [5, 5.41) is 1.28. The Morgan fingerprint density at radius 2 is 1.57 bits per heavy atom. The highest BCUT2D eigenvalue weighted by molar-refractivity contribution is 5.83. The van der Waals surface area contributed by atoms with E-state index in [9.17, 15) is 4.79 Å². The summed E-state index contributed by atoms with van der Waals surface area (Å²) in [5.41, 5.74) is 2.72. The number of benzene rings is 1. The number of nitrogens with one attached hydrogen (secondary N) is 1. The number of hydrogen-bond donors (Lipinski definition) is 1. The van der Waals surface area contributed by atoms with Crippen LogP contribution >= 0.6 is 0 Å². The van der Waals surface area contributed by atoms with Crippen molar-refractivity contribution in [3.05, 3.63) is 46.2 Å². The van der Waals surface area contributed by atoms with Gasteiger partial charge in [0.2, 0.25) is 5.56 Å². The lowest BCUT2D eigenvalue weighted by molar-refractivity contribution is -0.00455. The molecule has 4 saturated carbocycles. The fourth-order valence-corrected chi connectivity index (χ4v) is 6.08. The van der Waals surface area contributed by atoms with Gasteiger partial charge in [-0.3, -0.25) is 4.79 Å². The van der Waals surface area contributed by atoms with Crippen molar-refractivity contribution in [1.29, 1.82) is 0 Å². The maximum Gasteiger partial charge on any atom is 0.248 e. The molecule has 0 atom stereocenters. The summed E-state index contributed by atoms with van der Waals surface area (Å²) in [5.74, 6) is 2.73. The standard InChI is InChI=1S/C19H21NO/c21-18-8-16(15-3-1-2-4-17(15)20-18)19-9-12-5-13(10-19)7-14(6-12)11-19/h1-4,8,12-14H,5-7,9-11H2,(H,20,21). The Bertz CT molecular complexity index is 737. The summed E-state index contributed by atoms with van der Waals surface area (Å²) in [4.78, 5) is 15.1. The maximum atomic E-state index is 12.1. The molecule has 0 saturated heterocycles. The van der Waals surface area contributed by atoms with E-state index in [-0.39, 0.29) is 5.56 Å². The molecule has 1 N–H and O–H groups in total. The quantitative estimate of drug-likeness (QED) is 0.841. The third-order valence-electron chi connectivity index (χ3n) is 6.36. The van der Waals surface area contributed by atoms with Gasteiger partial charge >= 0.3 is 0 Å². The molecule has 2 heteroatoms. The predicted octanol–water partition coefficient (Wildman–Crippen LogP) is 4.00. The van der Waals surface area contributed by atoms with Crippen molar-refractivity contribution in [2.45, 2.75) is 43.9 Å². The average molecular weight is 279 g/mol. The Morgan fingerprint density at radius 1 is 0.952 bits per heavy atom. The molecule has 1 heterocycles. The van der Waals surface area contributed by atoms with Gasteiger partial charge in [0.25, 0.3) is 0 Å². The highest BCUT2D eigenvalue weighted by atomic mass is 16.1. The summed E-state index contributed by atoms with van der Waals surface area (Å²) in [7, 11) is 0. The van der Waals surface area contributed by atoms with Gasteiger partial charge in [0, 0.05) is 17.0 Å². The number of rotatable bonds is 1. The van der Waals surface area contributed by atoms with Crippen molar-refractivity contribution < 1.29 is 0 Å². The van der Waals surface area contributed by atoms with E-state index in [0.717, 1.165) is 23.3 Å². The van der Waals surface area contributed by atoms with Crippen LogP contribution in [0.3, 0.4) is 0 Å². The number of pyridine rings is 1. The van der Waals surface area contributed by atoms with Crippen LogP contribution in [-0.2, 0) is 5.41 Å². The fourth-order valence-electron chi connectivity index (χ4n) is 6.08. The number of hydrogen-bond acceptors (Lipinski definition) is 1. The molecule has 0 radical (unpaired) electrons. The molecule has 21 heavy (non-hydrogen) atoms. The molecule has 6 rings (SSSR count). The molecule has 0 amide bonds. The Kier molecular flexibility index (Phi) is 2.29. The van der Waals surface area contributed by atoms with Crippen LogP contribution in [0.25, 0.3) is 10.9 Å². The molecule has 4 fully saturated rings. The molecule has 0 spiro atoms. The second-order valence-corrected chi connectivity index (χ2v) is 7.79. The van der Waals surface area contributed by atoms with E-state index in [1.807, 2.05) is 18.2 Å². The highest BCUT2D eigenvalue weighted by Gasteiger charge is 2.52. The molecule has 4 aliphatic carbocycles. The topological polar surface area (TPSA) is 32.9 Å². The van der Waals surface area contributed by atoms with Crippen LogP contribution in [0.15, 0.2) is 35.1 Å². The first-order valence-corrected chi connectivity index (χ1v) is 8.34. The zero-order valence-electron chi connectivity index (χ0n) is 12.3. The second kappa shape index (κ2) is 4.00. The monoisotopic (exact) mass is 279 g/mol. The summed E-state index contributed by atoms with van der Waals surface area (Å²) >= 11 is 0. The first-order valence-electron chi connectivity index (χ1n) is 8.34. The van der Waals surface area contributed by atoms with E-state index in [1.54, 1.807) is 0 Å². The lowest BCUT2D eigenvalue weighted by atomic mass is 9.48. The van der Waals surface area contributed by atoms with Crippen molar-refractivity contribution >= 4 is 10.9 Å². The van der Waals surface area contributed by atoms with Gasteiger partial charge in [-0.05, 0) is 73.3 Å². The summed E-state index contributed by atoms with van der Waals surface area (Å²) in [6.45, 7) is 0. The minimum absolute atomic E-state index is 0.0689. The number of H-pyrrole nitrogens is 1. The molecule has 0 aliphatic heterocycles. The van der Waals surface area contributed by atoms with Gasteiger partial charge in [-0.15, -0.1) is 0 Å². The minimum atomic E-state index is 0.0689. The maximum absolute atomic E-state index is 12.1. The molecular formula is C19H21NO. The Hall–Kier alpha value is -1.57. The molecule has 0 unspecified atom stereocenters. The molecule has 1 aromatic carbocycles. The lowest BCUT2D eigenvalue weighted by Crippen LogP contribution is -2.48. The van der Waals surface area contributed by atoms with Crippen LogP contribution in [0.4, 0.5) is 0 Å². The van der Waals surface area contributed by atoms with Gasteiger partial charge in [0.15, 0.2) is 0 Å². The van der Waals surface area contributed by atoms with Crippen molar-refractivity contribution in [1.82, 2.24) is 4.98 Å². The van der Waals surface area contributed by atoms with Crippen molar-refractivity contribution in [3.63, 3.8) is 0 Å². The summed E-state index contributed by atoms with van der Waals surface area (Å²) in [6.07, 6.45) is 8.27. The van der Waals surface area contributed by atoms with E-state index in [2.05, 4.69) is 17.1 Å². The smallest absolute Gasteiger partial charge is 0.248 e.